The molecule has 0 spiro atoms. The molecule has 3 nitrogen and oxygen atoms in total. The third-order valence-electron chi connectivity index (χ3n) is 7.28. The van der Waals surface area contributed by atoms with Gasteiger partial charge in [-0.15, -0.1) is 11.8 Å². The summed E-state index contributed by atoms with van der Waals surface area (Å²) in [6.45, 7) is 12.6. The second-order valence-electron chi connectivity index (χ2n) is 9.92. The summed E-state index contributed by atoms with van der Waals surface area (Å²) < 4.78 is 0. The Balaban J connectivity index is 1.30. The van der Waals surface area contributed by atoms with Crippen molar-refractivity contribution < 1.29 is 4.79 Å². The van der Waals surface area contributed by atoms with Crippen molar-refractivity contribution >= 4 is 34.8 Å². The predicted molar refractivity (Wildman–Crippen MR) is 146 cm³/mol. The predicted octanol–water partition coefficient (Wildman–Crippen LogP) is 7.32. The van der Waals surface area contributed by atoms with Crippen LogP contribution in [0.25, 0.3) is 5.57 Å². The lowest BCUT2D eigenvalue weighted by Gasteiger charge is -2.41. The molecule has 5 heteroatoms. The number of carbonyl (C=O) groups excluding carboxylic acids is 1. The number of nitrogens with zero attached hydrogens (tertiary/aromatic N) is 2. The number of likely N-dealkylation sites (tertiary alicyclic amines) is 2. The number of aryl methyl sites for hydroxylation is 1. The Hall–Kier alpha value is -1.75. The summed E-state index contributed by atoms with van der Waals surface area (Å²) in [5, 5.41) is 1.20. The summed E-state index contributed by atoms with van der Waals surface area (Å²) in [5.74, 6) is 0.0736. The first-order valence-electron chi connectivity index (χ1n) is 12.6. The third kappa shape index (κ3) is 5.90. The summed E-state index contributed by atoms with van der Waals surface area (Å²) >= 11 is 8.33. The molecule has 4 rings (SSSR count). The van der Waals surface area contributed by atoms with Gasteiger partial charge in [0.2, 0.25) is 0 Å². The quantitative estimate of drug-likeness (QED) is 0.405. The first-order chi connectivity index (χ1) is 16.3. The molecule has 2 aromatic rings. The van der Waals surface area contributed by atoms with Crippen LogP contribution in [0.1, 0.15) is 67.9 Å². The lowest BCUT2D eigenvalue weighted by molar-refractivity contribution is 0.0608. The highest BCUT2D eigenvalue weighted by atomic mass is 35.5. The van der Waals surface area contributed by atoms with Gasteiger partial charge in [0.05, 0.1) is 10.6 Å². The number of hydrogen-bond donors (Lipinski definition) is 0. The number of piperidine rings is 2. The van der Waals surface area contributed by atoms with E-state index >= 15 is 0 Å². The van der Waals surface area contributed by atoms with Crippen molar-refractivity contribution in [2.75, 3.05) is 26.2 Å². The number of carbonyl (C=O) groups is 1. The van der Waals surface area contributed by atoms with Gasteiger partial charge in [0.1, 0.15) is 0 Å². The molecule has 0 radical (unpaired) electrons. The highest BCUT2D eigenvalue weighted by Crippen LogP contribution is 2.31. The topological polar surface area (TPSA) is 23.6 Å². The molecule has 34 heavy (non-hydrogen) atoms. The molecular formula is C29H37ClN2OS. The second kappa shape index (κ2) is 11.3. The number of amides is 1. The number of benzene rings is 2. The fourth-order valence-corrected chi connectivity index (χ4v) is 6.26. The Bertz CT molecular complexity index is 1030. The van der Waals surface area contributed by atoms with E-state index in [2.05, 4.69) is 49.9 Å². The van der Waals surface area contributed by atoms with E-state index < -0.39 is 0 Å². The number of halogens is 1. The SMILES string of the molecule is CC(=C1CCN(C2CCN(C(=O)c3cccc(C)c3Cl)CC2)CC1)c1ccc(SC(C)C)cc1. The molecule has 0 aliphatic carbocycles. The molecule has 2 aliphatic rings. The monoisotopic (exact) mass is 496 g/mol. The highest BCUT2D eigenvalue weighted by molar-refractivity contribution is 7.99. The maximum absolute atomic E-state index is 13.0. The van der Waals surface area contributed by atoms with Crippen LogP contribution in [0.15, 0.2) is 52.9 Å². The average molecular weight is 497 g/mol. The van der Waals surface area contributed by atoms with E-state index in [0.717, 1.165) is 57.4 Å². The van der Waals surface area contributed by atoms with Gasteiger partial charge in [0.15, 0.2) is 0 Å². The summed E-state index contributed by atoms with van der Waals surface area (Å²) in [6.07, 6.45) is 4.38. The largest absolute Gasteiger partial charge is 0.338 e. The Morgan fingerprint density at radius 1 is 1.00 bits per heavy atom. The highest BCUT2D eigenvalue weighted by Gasteiger charge is 2.29. The van der Waals surface area contributed by atoms with Crippen molar-refractivity contribution in [1.82, 2.24) is 9.80 Å². The first kappa shape index (κ1) is 25.3. The first-order valence-corrected chi connectivity index (χ1v) is 13.8. The number of rotatable bonds is 5. The van der Waals surface area contributed by atoms with Gasteiger partial charge in [-0.1, -0.05) is 55.3 Å². The molecule has 182 valence electrons. The third-order valence-corrected chi connectivity index (χ3v) is 8.80. The van der Waals surface area contributed by atoms with E-state index in [1.165, 1.54) is 16.0 Å². The Labute approximate surface area is 214 Å². The lowest BCUT2D eigenvalue weighted by atomic mass is 9.92. The lowest BCUT2D eigenvalue weighted by Crippen LogP contribution is -2.48. The molecule has 2 aliphatic heterocycles. The van der Waals surface area contributed by atoms with Crippen LogP contribution in [-0.4, -0.2) is 53.2 Å². The van der Waals surface area contributed by atoms with Gasteiger partial charge >= 0.3 is 0 Å². The molecule has 2 saturated heterocycles. The minimum absolute atomic E-state index is 0.0736. The zero-order chi connectivity index (χ0) is 24.2. The van der Waals surface area contributed by atoms with Crippen LogP contribution in [0.3, 0.4) is 0 Å². The molecule has 0 bridgehead atoms. The minimum atomic E-state index is 0.0736. The van der Waals surface area contributed by atoms with Gasteiger partial charge in [-0.05, 0) is 74.4 Å². The second-order valence-corrected chi connectivity index (χ2v) is 11.9. The standard InChI is InChI=1S/C29H37ClN2OS/c1-20(2)34-26-10-8-23(9-11-26)22(4)24-12-16-31(17-13-24)25-14-18-32(19-15-25)29(33)27-7-5-6-21(3)28(27)30/h5-11,20,25H,12-19H2,1-4H3. The van der Waals surface area contributed by atoms with Gasteiger partial charge in [-0.3, -0.25) is 9.69 Å². The van der Waals surface area contributed by atoms with E-state index in [-0.39, 0.29) is 5.91 Å². The van der Waals surface area contributed by atoms with Crippen molar-refractivity contribution in [1.29, 1.82) is 0 Å². The van der Waals surface area contributed by atoms with E-state index in [1.807, 2.05) is 41.8 Å². The van der Waals surface area contributed by atoms with E-state index in [0.29, 0.717) is 21.9 Å². The van der Waals surface area contributed by atoms with Crippen LogP contribution < -0.4 is 0 Å². The maximum atomic E-state index is 13.0. The Morgan fingerprint density at radius 3 is 2.26 bits per heavy atom. The zero-order valence-electron chi connectivity index (χ0n) is 20.9. The molecule has 0 unspecified atom stereocenters. The van der Waals surface area contributed by atoms with Crippen LogP contribution in [0, 0.1) is 6.92 Å². The average Bonchev–Trinajstić information content (AvgIpc) is 2.85. The molecule has 2 heterocycles. The van der Waals surface area contributed by atoms with Crippen LogP contribution in [-0.2, 0) is 0 Å². The van der Waals surface area contributed by atoms with E-state index in [1.54, 1.807) is 5.57 Å². The van der Waals surface area contributed by atoms with E-state index in [4.69, 9.17) is 11.6 Å². The fraction of sp³-hybridized carbons (Fsp3) is 0.483. The molecule has 0 atom stereocenters. The molecule has 1 amide bonds. The van der Waals surface area contributed by atoms with Crippen LogP contribution in [0.5, 0.6) is 0 Å². The minimum Gasteiger partial charge on any atom is -0.338 e. The van der Waals surface area contributed by atoms with Gasteiger partial charge in [-0.2, -0.15) is 0 Å². The van der Waals surface area contributed by atoms with Crippen LogP contribution >= 0.6 is 23.4 Å². The summed E-state index contributed by atoms with van der Waals surface area (Å²) in [4.78, 5) is 19.0. The summed E-state index contributed by atoms with van der Waals surface area (Å²) in [6, 6.07) is 15.4. The normalized spacial score (nSPS) is 17.9. The van der Waals surface area contributed by atoms with Crippen molar-refractivity contribution in [3.8, 4) is 0 Å². The van der Waals surface area contributed by atoms with Crippen molar-refractivity contribution in [2.24, 2.45) is 0 Å². The molecular weight excluding hydrogens is 460 g/mol. The zero-order valence-corrected chi connectivity index (χ0v) is 22.5. The van der Waals surface area contributed by atoms with Crippen molar-refractivity contribution in [3.05, 3.63) is 69.8 Å². The Kier molecular flexibility index (Phi) is 8.44. The molecule has 0 saturated carbocycles. The fourth-order valence-electron chi connectivity index (χ4n) is 5.21. The van der Waals surface area contributed by atoms with Crippen molar-refractivity contribution in [2.45, 2.75) is 69.6 Å². The van der Waals surface area contributed by atoms with Gasteiger partial charge in [0.25, 0.3) is 5.91 Å². The molecule has 0 aromatic heterocycles. The van der Waals surface area contributed by atoms with Crippen molar-refractivity contribution in [3.63, 3.8) is 0 Å². The number of thioether (sulfide) groups is 1. The van der Waals surface area contributed by atoms with Crippen LogP contribution in [0.4, 0.5) is 0 Å². The maximum Gasteiger partial charge on any atom is 0.255 e. The summed E-state index contributed by atoms with van der Waals surface area (Å²) in [5.41, 5.74) is 6.01. The molecule has 2 aromatic carbocycles. The van der Waals surface area contributed by atoms with Gasteiger partial charge in [0, 0.05) is 42.4 Å². The smallest absolute Gasteiger partial charge is 0.255 e. The summed E-state index contributed by atoms with van der Waals surface area (Å²) in [7, 11) is 0. The van der Waals surface area contributed by atoms with Gasteiger partial charge in [-0.25, -0.2) is 0 Å². The van der Waals surface area contributed by atoms with Crippen LogP contribution in [0.2, 0.25) is 5.02 Å². The molecule has 2 fully saturated rings. The number of hydrogen-bond acceptors (Lipinski definition) is 3. The molecule has 0 N–H and O–H groups in total. The number of allylic oxidation sites excluding steroid dienone is 1. The Morgan fingerprint density at radius 2 is 1.65 bits per heavy atom. The van der Waals surface area contributed by atoms with Gasteiger partial charge < -0.3 is 4.90 Å². The van der Waals surface area contributed by atoms with E-state index in [9.17, 15) is 4.79 Å².